The van der Waals surface area contributed by atoms with Crippen LogP contribution < -0.4 is 15.8 Å². The number of aliphatic imine (C=N–C) groups is 1. The molecule has 2 unspecified atom stereocenters. The zero-order chi connectivity index (χ0) is 15.8. The summed E-state index contributed by atoms with van der Waals surface area (Å²) in [5.41, 5.74) is 11.1. The lowest BCUT2D eigenvalue weighted by atomic mass is 10.1. The molecule has 0 saturated carbocycles. The number of ether oxygens (including phenoxy) is 1. The number of nitrogens with one attached hydrogen (secondary N) is 1. The lowest BCUT2D eigenvalue weighted by molar-refractivity contribution is 0.229. The molecule has 2 aromatic rings. The number of rotatable bonds is 2. The number of nitrogens with two attached hydrogens (primary N) is 1. The average molecular weight is 435 g/mol. The minimum Gasteiger partial charge on any atom is -0.488 e. The molecule has 1 aliphatic carbocycles. The van der Waals surface area contributed by atoms with Crippen LogP contribution >= 0.6 is 24.0 Å². The Morgan fingerprint density at radius 1 is 1.17 bits per heavy atom. The van der Waals surface area contributed by atoms with E-state index < -0.39 is 0 Å². The normalized spacial score (nSPS) is 21.5. The highest BCUT2D eigenvalue weighted by Crippen LogP contribution is 2.38. The Kier molecular flexibility index (Phi) is 4.99. The van der Waals surface area contributed by atoms with Crippen molar-refractivity contribution in [2.24, 2.45) is 10.7 Å². The van der Waals surface area contributed by atoms with Crippen molar-refractivity contribution in [3.05, 3.63) is 59.2 Å². The van der Waals surface area contributed by atoms with Gasteiger partial charge in [-0.15, -0.1) is 24.0 Å². The fourth-order valence-corrected chi connectivity index (χ4v) is 3.50. The van der Waals surface area contributed by atoms with E-state index in [0.29, 0.717) is 5.96 Å². The Bertz CT molecular complexity index is 775. The molecule has 0 amide bonds. The molecule has 0 saturated heterocycles. The molecule has 5 heteroatoms. The minimum absolute atomic E-state index is 0. The molecule has 0 spiro atoms. The van der Waals surface area contributed by atoms with Crippen LogP contribution in [0.5, 0.6) is 5.75 Å². The Balaban J connectivity index is 0.00000169. The number of hydrogen-bond acceptors (Lipinski definition) is 2. The molecule has 3 N–H and O–H groups in total. The summed E-state index contributed by atoms with van der Waals surface area (Å²) in [6.07, 6.45) is 3.58. The summed E-state index contributed by atoms with van der Waals surface area (Å²) in [6, 6.07) is 14.4. The molecule has 0 fully saturated rings. The first-order valence-corrected chi connectivity index (χ1v) is 8.18. The van der Waals surface area contributed by atoms with Crippen LogP contribution in [0.15, 0.2) is 47.5 Å². The number of para-hydroxylation sites is 1. The highest BCUT2D eigenvalue weighted by atomic mass is 127. The van der Waals surface area contributed by atoms with Gasteiger partial charge in [-0.2, -0.15) is 0 Å². The largest absolute Gasteiger partial charge is 0.488 e. The Labute approximate surface area is 159 Å². The van der Waals surface area contributed by atoms with Crippen LogP contribution in [0.1, 0.15) is 36.1 Å². The minimum atomic E-state index is -0.0619. The van der Waals surface area contributed by atoms with E-state index in [1.54, 1.807) is 0 Å². The smallest absolute Gasteiger partial charge is 0.193 e. The van der Waals surface area contributed by atoms with E-state index in [1.807, 2.05) is 25.1 Å². The highest BCUT2D eigenvalue weighted by Gasteiger charge is 2.30. The summed E-state index contributed by atoms with van der Waals surface area (Å²) in [4.78, 5) is 4.65. The molecule has 2 atom stereocenters. The van der Waals surface area contributed by atoms with E-state index in [2.05, 4.69) is 34.6 Å². The van der Waals surface area contributed by atoms with Gasteiger partial charge in [0, 0.05) is 11.3 Å². The van der Waals surface area contributed by atoms with Crippen molar-refractivity contribution < 1.29 is 4.74 Å². The van der Waals surface area contributed by atoms with Crippen LogP contribution in [0.2, 0.25) is 0 Å². The van der Waals surface area contributed by atoms with E-state index >= 15 is 0 Å². The molecule has 4 nitrogen and oxygen atoms in total. The van der Waals surface area contributed by atoms with Crippen LogP contribution in [0.4, 0.5) is 5.69 Å². The number of fused-ring (bicyclic) bond motifs is 2. The Hall–Kier alpha value is -1.76. The maximum absolute atomic E-state index is 6.13. The van der Waals surface area contributed by atoms with Gasteiger partial charge in [-0.05, 0) is 55.5 Å². The van der Waals surface area contributed by atoms with Gasteiger partial charge in [0.15, 0.2) is 5.96 Å². The quantitative estimate of drug-likeness (QED) is 0.425. The molecular weight excluding hydrogens is 413 g/mol. The lowest BCUT2D eigenvalue weighted by Crippen LogP contribution is -2.25. The third-order valence-corrected chi connectivity index (χ3v) is 4.64. The van der Waals surface area contributed by atoms with Gasteiger partial charge in [-0.3, -0.25) is 0 Å². The van der Waals surface area contributed by atoms with Crippen molar-refractivity contribution in [3.8, 4) is 5.75 Å². The number of halogens is 1. The molecule has 126 valence electrons. The standard InChI is InChI=1S/C19H21N3O.HI/c1-12-18(16-7-2-3-8-17(16)23-12)22-19(20)21-15-10-9-13-5-4-6-14(13)11-15;/h2-3,7-12,18H,4-6H2,1H3,(H3,20,21,22);1H. The molecule has 0 radical (unpaired) electrons. The molecule has 1 aliphatic heterocycles. The molecule has 0 bridgehead atoms. The van der Waals surface area contributed by atoms with Crippen LogP contribution in [0.25, 0.3) is 0 Å². The van der Waals surface area contributed by atoms with Crippen molar-refractivity contribution in [1.82, 2.24) is 0 Å². The van der Waals surface area contributed by atoms with E-state index in [0.717, 1.165) is 23.4 Å². The predicted molar refractivity (Wildman–Crippen MR) is 108 cm³/mol. The number of aryl methyl sites for hydroxylation is 2. The van der Waals surface area contributed by atoms with Crippen LogP contribution in [-0.2, 0) is 12.8 Å². The predicted octanol–water partition coefficient (Wildman–Crippen LogP) is 4.04. The van der Waals surface area contributed by atoms with Gasteiger partial charge in [-0.25, -0.2) is 4.99 Å². The van der Waals surface area contributed by atoms with Gasteiger partial charge in [0.05, 0.1) is 0 Å². The summed E-state index contributed by atoms with van der Waals surface area (Å²) in [5, 5.41) is 3.22. The third kappa shape index (κ3) is 3.22. The number of anilines is 1. The second kappa shape index (κ2) is 7.01. The number of nitrogens with zero attached hydrogens (tertiary/aromatic N) is 1. The molecule has 1 heterocycles. The van der Waals surface area contributed by atoms with Crippen molar-refractivity contribution >= 4 is 35.6 Å². The molecular formula is C19H22IN3O. The fraction of sp³-hybridized carbons (Fsp3) is 0.316. The highest BCUT2D eigenvalue weighted by molar-refractivity contribution is 14.0. The first-order chi connectivity index (χ1) is 11.2. The van der Waals surface area contributed by atoms with Crippen molar-refractivity contribution in [3.63, 3.8) is 0 Å². The van der Waals surface area contributed by atoms with E-state index in [-0.39, 0.29) is 36.1 Å². The van der Waals surface area contributed by atoms with Gasteiger partial charge in [0.25, 0.3) is 0 Å². The first-order valence-electron chi connectivity index (χ1n) is 8.18. The van der Waals surface area contributed by atoms with Crippen molar-refractivity contribution in [1.29, 1.82) is 0 Å². The second-order valence-electron chi connectivity index (χ2n) is 6.28. The molecule has 2 aromatic carbocycles. The van der Waals surface area contributed by atoms with Gasteiger partial charge in [0.2, 0.25) is 0 Å². The fourth-order valence-electron chi connectivity index (χ4n) is 3.50. The van der Waals surface area contributed by atoms with Gasteiger partial charge in [0.1, 0.15) is 17.9 Å². The van der Waals surface area contributed by atoms with Crippen LogP contribution in [0.3, 0.4) is 0 Å². The summed E-state index contributed by atoms with van der Waals surface area (Å²) in [7, 11) is 0. The average Bonchev–Trinajstić information content (AvgIpc) is 3.12. The van der Waals surface area contributed by atoms with E-state index in [4.69, 9.17) is 10.5 Å². The lowest BCUT2D eigenvalue weighted by Gasteiger charge is -2.13. The summed E-state index contributed by atoms with van der Waals surface area (Å²) >= 11 is 0. The van der Waals surface area contributed by atoms with Crippen molar-refractivity contribution in [2.75, 3.05) is 5.32 Å². The maximum atomic E-state index is 6.13. The Morgan fingerprint density at radius 2 is 1.96 bits per heavy atom. The number of guanidine groups is 1. The summed E-state index contributed by atoms with van der Waals surface area (Å²) < 4.78 is 5.84. The molecule has 2 aliphatic rings. The van der Waals surface area contributed by atoms with Gasteiger partial charge < -0.3 is 15.8 Å². The van der Waals surface area contributed by atoms with Crippen LogP contribution in [-0.4, -0.2) is 12.1 Å². The zero-order valence-electron chi connectivity index (χ0n) is 13.7. The number of hydrogen-bond donors (Lipinski definition) is 2. The SMILES string of the molecule is CC1Oc2ccccc2C1N=C(N)Nc1ccc2c(c1)CCC2.I. The number of benzene rings is 2. The molecule has 4 rings (SSSR count). The van der Waals surface area contributed by atoms with Gasteiger partial charge >= 0.3 is 0 Å². The van der Waals surface area contributed by atoms with Crippen LogP contribution in [0, 0.1) is 0 Å². The van der Waals surface area contributed by atoms with E-state index in [9.17, 15) is 0 Å². The third-order valence-electron chi connectivity index (χ3n) is 4.64. The zero-order valence-corrected chi connectivity index (χ0v) is 16.0. The topological polar surface area (TPSA) is 59.6 Å². The van der Waals surface area contributed by atoms with Crippen molar-refractivity contribution in [2.45, 2.75) is 38.3 Å². The first kappa shape index (κ1) is 17.1. The second-order valence-corrected chi connectivity index (χ2v) is 6.28. The Morgan fingerprint density at radius 3 is 2.83 bits per heavy atom. The monoisotopic (exact) mass is 435 g/mol. The summed E-state index contributed by atoms with van der Waals surface area (Å²) in [5.74, 6) is 1.33. The maximum Gasteiger partial charge on any atom is 0.193 e. The van der Waals surface area contributed by atoms with Gasteiger partial charge in [-0.1, -0.05) is 24.3 Å². The molecule has 24 heavy (non-hydrogen) atoms. The summed E-state index contributed by atoms with van der Waals surface area (Å²) in [6.45, 7) is 2.02. The molecule has 0 aromatic heterocycles. The van der Waals surface area contributed by atoms with E-state index in [1.165, 1.54) is 24.0 Å².